The van der Waals surface area contributed by atoms with Gasteiger partial charge in [-0.25, -0.2) is 0 Å². The number of nitrogens with one attached hydrogen (secondary N) is 1. The number of rotatable bonds is 5. The van der Waals surface area contributed by atoms with Gasteiger partial charge in [-0.05, 0) is 30.2 Å². The number of aromatic amines is 1. The average Bonchev–Trinajstić information content (AvgIpc) is 3.47. The summed E-state index contributed by atoms with van der Waals surface area (Å²) in [6, 6.07) is 18.1. The highest BCUT2D eigenvalue weighted by Gasteiger charge is 2.24. The van der Waals surface area contributed by atoms with Crippen LogP contribution in [0.15, 0.2) is 59.1 Å². The van der Waals surface area contributed by atoms with E-state index < -0.39 is 0 Å². The largest absolute Gasteiger partial charge is 0.356 e. The topological polar surface area (TPSA) is 78.3 Å². The highest BCUT2D eigenvalue weighted by Crippen LogP contribution is 2.21. The number of nitrogens with zero attached hydrogens (tertiary/aromatic N) is 4. The summed E-state index contributed by atoms with van der Waals surface area (Å²) in [4.78, 5) is 17.1. The molecule has 0 radical (unpaired) electrons. The summed E-state index contributed by atoms with van der Waals surface area (Å²) in [6.45, 7) is 5.80. The normalized spacial score (nSPS) is 14.9. The van der Waals surface area contributed by atoms with E-state index in [9.17, 15) is 4.79 Å². The van der Waals surface area contributed by atoms with Crippen molar-refractivity contribution in [1.82, 2.24) is 25.2 Å². The molecule has 2 aromatic carbocycles. The summed E-state index contributed by atoms with van der Waals surface area (Å²) >= 11 is 0. The zero-order chi connectivity index (χ0) is 21.2. The highest BCUT2D eigenvalue weighted by atomic mass is 16.5. The Bertz CT molecular complexity index is 1190. The van der Waals surface area contributed by atoms with E-state index in [1.165, 1.54) is 5.56 Å². The fourth-order valence-corrected chi connectivity index (χ4v) is 4.03. The number of aryl methyl sites for hydroxylation is 1. The van der Waals surface area contributed by atoms with Crippen molar-refractivity contribution < 1.29 is 9.32 Å². The lowest BCUT2D eigenvalue weighted by atomic mass is 10.1. The molecule has 1 saturated heterocycles. The van der Waals surface area contributed by atoms with Crippen molar-refractivity contribution in [3.05, 3.63) is 71.5 Å². The number of aromatic nitrogens is 3. The fourth-order valence-electron chi connectivity index (χ4n) is 4.03. The Labute approximate surface area is 180 Å². The second-order valence-corrected chi connectivity index (χ2v) is 7.91. The Balaban J connectivity index is 1.20. The summed E-state index contributed by atoms with van der Waals surface area (Å²) in [6.07, 6.45) is 1.00. The predicted octanol–water partition coefficient (Wildman–Crippen LogP) is 3.74. The molecule has 1 amide bonds. The van der Waals surface area contributed by atoms with Gasteiger partial charge in [-0.1, -0.05) is 48.5 Å². The predicted molar refractivity (Wildman–Crippen MR) is 119 cm³/mol. The lowest BCUT2D eigenvalue weighted by molar-refractivity contribution is 0.0620. The quantitative estimate of drug-likeness (QED) is 0.537. The van der Waals surface area contributed by atoms with Crippen molar-refractivity contribution in [2.75, 3.05) is 26.2 Å². The Morgan fingerprint density at radius 1 is 1.06 bits per heavy atom. The van der Waals surface area contributed by atoms with Crippen LogP contribution in [0.5, 0.6) is 0 Å². The number of benzene rings is 2. The van der Waals surface area contributed by atoms with E-state index in [1.807, 2.05) is 35.2 Å². The van der Waals surface area contributed by atoms with Crippen molar-refractivity contribution in [3.63, 3.8) is 0 Å². The van der Waals surface area contributed by atoms with Crippen LogP contribution in [0.1, 0.15) is 28.7 Å². The summed E-state index contributed by atoms with van der Waals surface area (Å²) in [7, 11) is 0. The molecule has 1 aliphatic rings. The number of fused-ring (bicyclic) bond motifs is 1. The van der Waals surface area contributed by atoms with E-state index in [1.54, 1.807) is 0 Å². The summed E-state index contributed by atoms with van der Waals surface area (Å²) in [5, 5.41) is 12.5. The summed E-state index contributed by atoms with van der Waals surface area (Å²) in [5.41, 5.74) is 5.38. The molecule has 7 heteroatoms. The molecule has 1 N–H and O–H groups in total. The van der Waals surface area contributed by atoms with Gasteiger partial charge in [0.15, 0.2) is 5.58 Å². The maximum absolute atomic E-state index is 13.0. The molecule has 1 aliphatic heterocycles. The Morgan fingerprint density at radius 3 is 2.61 bits per heavy atom. The molecule has 0 atom stereocenters. The maximum Gasteiger partial charge on any atom is 0.271 e. The number of para-hydroxylation sites is 1. The third-order valence-electron chi connectivity index (χ3n) is 5.95. The van der Waals surface area contributed by atoms with Crippen molar-refractivity contribution in [3.8, 4) is 11.3 Å². The first kappa shape index (κ1) is 19.5. The number of hydrogen-bond acceptors (Lipinski definition) is 5. The fraction of sp³-hybridized carbons (Fsp3) is 0.292. The monoisotopic (exact) mass is 415 g/mol. The standard InChI is InChI=1S/C24H25N5O2/c1-2-17-7-9-18(10-8-17)20-15-21(26-25-20)24(30)29-13-11-28(12-14-29)16-22-19-5-3-4-6-23(19)31-27-22/h3-10,15H,2,11-14,16H2,1H3,(H,25,26). The Morgan fingerprint density at radius 2 is 1.84 bits per heavy atom. The minimum atomic E-state index is -0.00420. The van der Waals surface area contributed by atoms with Crippen LogP contribution in [0.3, 0.4) is 0 Å². The SMILES string of the molecule is CCc1ccc(-c2cc(C(=O)N3CCN(Cc4noc5ccccc45)CC3)[nH]n2)cc1. The van der Waals surface area contributed by atoms with E-state index in [0.29, 0.717) is 18.8 Å². The molecule has 0 bridgehead atoms. The minimum Gasteiger partial charge on any atom is -0.356 e. The van der Waals surface area contributed by atoms with E-state index >= 15 is 0 Å². The number of amides is 1. The van der Waals surface area contributed by atoms with Crippen LogP contribution in [0, 0.1) is 0 Å². The lowest BCUT2D eigenvalue weighted by Crippen LogP contribution is -2.48. The van der Waals surface area contributed by atoms with Crippen molar-refractivity contribution in [1.29, 1.82) is 0 Å². The van der Waals surface area contributed by atoms with E-state index in [4.69, 9.17) is 4.52 Å². The first-order valence-electron chi connectivity index (χ1n) is 10.7. The second-order valence-electron chi connectivity index (χ2n) is 7.91. The van der Waals surface area contributed by atoms with Gasteiger partial charge >= 0.3 is 0 Å². The highest BCUT2D eigenvalue weighted by molar-refractivity contribution is 5.93. The van der Waals surface area contributed by atoms with E-state index in [0.717, 1.165) is 54.0 Å². The zero-order valence-electron chi connectivity index (χ0n) is 17.5. The van der Waals surface area contributed by atoms with Crippen LogP contribution in [-0.2, 0) is 13.0 Å². The molecule has 0 saturated carbocycles. The van der Waals surface area contributed by atoms with Crippen LogP contribution < -0.4 is 0 Å². The molecule has 2 aromatic heterocycles. The van der Waals surface area contributed by atoms with Crippen molar-refractivity contribution in [2.45, 2.75) is 19.9 Å². The summed E-state index contributed by atoms with van der Waals surface area (Å²) in [5.74, 6) is -0.00420. The van der Waals surface area contributed by atoms with Crippen LogP contribution in [0.25, 0.3) is 22.2 Å². The van der Waals surface area contributed by atoms with Crippen molar-refractivity contribution in [2.24, 2.45) is 0 Å². The van der Waals surface area contributed by atoms with Crippen LogP contribution >= 0.6 is 0 Å². The zero-order valence-corrected chi connectivity index (χ0v) is 17.5. The molecular formula is C24H25N5O2. The number of carbonyl (C=O) groups is 1. The molecule has 5 rings (SSSR count). The third kappa shape index (κ3) is 3.96. The smallest absolute Gasteiger partial charge is 0.271 e. The van der Waals surface area contributed by atoms with Crippen LogP contribution in [-0.4, -0.2) is 57.2 Å². The van der Waals surface area contributed by atoms with Crippen molar-refractivity contribution >= 4 is 16.9 Å². The van der Waals surface area contributed by atoms with E-state index in [2.05, 4.69) is 51.4 Å². The van der Waals surface area contributed by atoms with E-state index in [-0.39, 0.29) is 5.91 Å². The number of hydrogen-bond donors (Lipinski definition) is 1. The van der Waals surface area contributed by atoms with Gasteiger partial charge in [0.2, 0.25) is 0 Å². The van der Waals surface area contributed by atoms with Gasteiger partial charge < -0.3 is 9.42 Å². The van der Waals surface area contributed by atoms with Gasteiger partial charge in [-0.2, -0.15) is 5.10 Å². The Hall–Kier alpha value is -3.45. The molecule has 7 nitrogen and oxygen atoms in total. The minimum absolute atomic E-state index is 0.00420. The average molecular weight is 415 g/mol. The molecule has 31 heavy (non-hydrogen) atoms. The molecule has 0 unspecified atom stereocenters. The molecular weight excluding hydrogens is 390 g/mol. The molecule has 3 heterocycles. The van der Waals surface area contributed by atoms with Gasteiger partial charge in [0.25, 0.3) is 5.91 Å². The first-order valence-corrected chi connectivity index (χ1v) is 10.7. The van der Waals surface area contributed by atoms with Gasteiger partial charge in [-0.3, -0.25) is 14.8 Å². The Kier molecular flexibility index (Phi) is 5.26. The van der Waals surface area contributed by atoms with Crippen LogP contribution in [0.2, 0.25) is 0 Å². The first-order chi connectivity index (χ1) is 15.2. The molecule has 1 fully saturated rings. The van der Waals surface area contributed by atoms with Gasteiger partial charge in [0.05, 0.1) is 5.69 Å². The molecule has 0 spiro atoms. The lowest BCUT2D eigenvalue weighted by Gasteiger charge is -2.34. The van der Waals surface area contributed by atoms with Gasteiger partial charge in [-0.15, -0.1) is 0 Å². The summed E-state index contributed by atoms with van der Waals surface area (Å²) < 4.78 is 5.41. The third-order valence-corrected chi connectivity index (χ3v) is 5.95. The number of carbonyl (C=O) groups excluding carboxylic acids is 1. The van der Waals surface area contributed by atoms with Gasteiger partial charge in [0.1, 0.15) is 11.4 Å². The molecule has 4 aromatic rings. The second kappa shape index (κ2) is 8.35. The number of piperazine rings is 1. The molecule has 0 aliphatic carbocycles. The number of H-pyrrole nitrogens is 1. The maximum atomic E-state index is 13.0. The molecule has 158 valence electrons. The van der Waals surface area contributed by atoms with Gasteiger partial charge in [0, 0.05) is 43.7 Å². The van der Waals surface area contributed by atoms with Crippen LogP contribution in [0.4, 0.5) is 0 Å².